The van der Waals surface area contributed by atoms with Crippen molar-refractivity contribution in [2.45, 2.75) is 19.4 Å². The van der Waals surface area contributed by atoms with Crippen LogP contribution < -0.4 is 10.0 Å². The van der Waals surface area contributed by atoms with Crippen molar-refractivity contribution < 1.29 is 17.2 Å². The summed E-state index contributed by atoms with van der Waals surface area (Å²) in [6.07, 6.45) is 1.65. The number of nitrogens with one attached hydrogen (secondary N) is 2. The Labute approximate surface area is 112 Å². The summed E-state index contributed by atoms with van der Waals surface area (Å²) >= 11 is 0. The van der Waals surface area contributed by atoms with Gasteiger partial charge in [0.2, 0.25) is 10.0 Å². The molecule has 0 saturated carbocycles. The molecular weight excluding hydrogens is 274 g/mol. The van der Waals surface area contributed by atoms with Gasteiger partial charge in [0.25, 0.3) is 0 Å². The van der Waals surface area contributed by atoms with E-state index in [9.17, 15) is 17.2 Å². The van der Waals surface area contributed by atoms with Gasteiger partial charge in [-0.2, -0.15) is 0 Å². The van der Waals surface area contributed by atoms with Crippen LogP contribution in [0.3, 0.4) is 0 Å². The molecule has 2 N–H and O–H groups in total. The van der Waals surface area contributed by atoms with E-state index in [2.05, 4.69) is 10.0 Å². The molecule has 1 aromatic rings. The monoisotopic (exact) mass is 292 g/mol. The standard InChI is InChI=1S/C12H18F2N2O2S/c1-9(10-5-3-6-11(13)12(10)14)15-7-4-8-16-19(2,17)18/h3,5-6,9,15-16H,4,7-8H2,1-2H3/t9-/m0/s1. The van der Waals surface area contributed by atoms with E-state index < -0.39 is 21.7 Å². The van der Waals surface area contributed by atoms with Crippen LogP contribution in [0.2, 0.25) is 0 Å². The minimum atomic E-state index is -3.18. The van der Waals surface area contributed by atoms with Gasteiger partial charge in [0, 0.05) is 18.2 Å². The van der Waals surface area contributed by atoms with Crippen LogP contribution in [0.1, 0.15) is 24.9 Å². The summed E-state index contributed by atoms with van der Waals surface area (Å²) in [7, 11) is -3.18. The topological polar surface area (TPSA) is 58.2 Å². The molecule has 0 aromatic heterocycles. The lowest BCUT2D eigenvalue weighted by Gasteiger charge is -2.15. The first kappa shape index (κ1) is 16.0. The van der Waals surface area contributed by atoms with Gasteiger partial charge in [-0.3, -0.25) is 0 Å². The maximum absolute atomic E-state index is 13.5. The third kappa shape index (κ3) is 5.63. The molecule has 1 aromatic carbocycles. The van der Waals surface area contributed by atoms with E-state index >= 15 is 0 Å². The molecule has 0 spiro atoms. The van der Waals surface area contributed by atoms with Crippen LogP contribution >= 0.6 is 0 Å². The summed E-state index contributed by atoms with van der Waals surface area (Å²) in [5.41, 5.74) is 0.260. The molecule has 1 atom stereocenters. The Hall–Kier alpha value is -1.05. The van der Waals surface area contributed by atoms with Crippen LogP contribution in [0.15, 0.2) is 18.2 Å². The van der Waals surface area contributed by atoms with Crippen molar-refractivity contribution in [3.8, 4) is 0 Å². The predicted octanol–water partition coefficient (Wildman–Crippen LogP) is 1.55. The smallest absolute Gasteiger partial charge is 0.208 e. The third-order valence-corrected chi connectivity index (χ3v) is 3.34. The van der Waals surface area contributed by atoms with Gasteiger partial charge in [0.15, 0.2) is 11.6 Å². The van der Waals surface area contributed by atoms with Gasteiger partial charge in [0.1, 0.15) is 0 Å². The molecule has 0 amide bonds. The average molecular weight is 292 g/mol. The van der Waals surface area contributed by atoms with Crippen LogP contribution in [0.5, 0.6) is 0 Å². The average Bonchev–Trinajstić information content (AvgIpc) is 2.30. The first-order valence-corrected chi connectivity index (χ1v) is 7.82. The molecule has 0 aliphatic carbocycles. The summed E-state index contributed by atoms with van der Waals surface area (Å²) in [5, 5.41) is 3.01. The maximum Gasteiger partial charge on any atom is 0.208 e. The summed E-state index contributed by atoms with van der Waals surface area (Å²) in [6, 6.07) is 3.71. The zero-order valence-corrected chi connectivity index (χ0v) is 11.7. The Bertz CT molecular complexity index is 520. The first-order chi connectivity index (χ1) is 8.81. The molecule has 4 nitrogen and oxygen atoms in total. The number of hydrogen-bond donors (Lipinski definition) is 2. The van der Waals surface area contributed by atoms with E-state index in [0.717, 1.165) is 12.3 Å². The molecule has 0 radical (unpaired) electrons. The van der Waals surface area contributed by atoms with E-state index in [1.165, 1.54) is 12.1 Å². The van der Waals surface area contributed by atoms with Crippen LogP contribution in [0, 0.1) is 11.6 Å². The maximum atomic E-state index is 13.5. The van der Waals surface area contributed by atoms with Crippen molar-refractivity contribution >= 4 is 10.0 Å². The van der Waals surface area contributed by atoms with Crippen molar-refractivity contribution in [1.82, 2.24) is 10.0 Å². The van der Waals surface area contributed by atoms with Crippen LogP contribution in [-0.2, 0) is 10.0 Å². The van der Waals surface area contributed by atoms with Gasteiger partial charge < -0.3 is 5.32 Å². The van der Waals surface area contributed by atoms with E-state index in [-0.39, 0.29) is 11.6 Å². The predicted molar refractivity (Wildman–Crippen MR) is 70.2 cm³/mol. The second-order valence-electron chi connectivity index (χ2n) is 4.34. The van der Waals surface area contributed by atoms with E-state index in [1.54, 1.807) is 6.92 Å². The molecule has 19 heavy (non-hydrogen) atoms. The summed E-state index contributed by atoms with van der Waals surface area (Å²) in [4.78, 5) is 0. The van der Waals surface area contributed by atoms with Crippen LogP contribution in [-0.4, -0.2) is 27.8 Å². The summed E-state index contributed by atoms with van der Waals surface area (Å²) < 4.78 is 50.5. The number of hydrogen-bond acceptors (Lipinski definition) is 3. The van der Waals surface area contributed by atoms with Crippen molar-refractivity contribution in [3.63, 3.8) is 0 Å². The fraction of sp³-hybridized carbons (Fsp3) is 0.500. The number of benzene rings is 1. The minimum Gasteiger partial charge on any atom is -0.310 e. The largest absolute Gasteiger partial charge is 0.310 e. The van der Waals surface area contributed by atoms with Gasteiger partial charge in [-0.05, 0) is 26.0 Å². The van der Waals surface area contributed by atoms with E-state index in [0.29, 0.717) is 19.5 Å². The molecule has 0 aliphatic heterocycles. The highest BCUT2D eigenvalue weighted by molar-refractivity contribution is 7.88. The molecule has 1 rings (SSSR count). The normalized spacial score (nSPS) is 13.5. The minimum absolute atomic E-state index is 0.260. The fourth-order valence-electron chi connectivity index (χ4n) is 1.63. The fourth-order valence-corrected chi connectivity index (χ4v) is 2.14. The molecule has 0 aliphatic rings. The van der Waals surface area contributed by atoms with Gasteiger partial charge in [-0.15, -0.1) is 0 Å². The molecule has 0 heterocycles. The van der Waals surface area contributed by atoms with E-state index in [4.69, 9.17) is 0 Å². The lowest BCUT2D eigenvalue weighted by molar-refractivity contribution is 0.471. The Morgan fingerprint density at radius 3 is 2.58 bits per heavy atom. The van der Waals surface area contributed by atoms with Gasteiger partial charge in [-0.25, -0.2) is 21.9 Å². The highest BCUT2D eigenvalue weighted by Gasteiger charge is 2.13. The Morgan fingerprint density at radius 1 is 1.26 bits per heavy atom. The lowest BCUT2D eigenvalue weighted by atomic mass is 10.1. The zero-order chi connectivity index (χ0) is 14.5. The van der Waals surface area contributed by atoms with E-state index in [1.807, 2.05) is 0 Å². The second-order valence-corrected chi connectivity index (χ2v) is 6.17. The van der Waals surface area contributed by atoms with Gasteiger partial charge in [0.05, 0.1) is 6.26 Å². The molecule has 0 bridgehead atoms. The first-order valence-electron chi connectivity index (χ1n) is 5.93. The Balaban J connectivity index is 2.39. The molecule has 7 heteroatoms. The van der Waals surface area contributed by atoms with Gasteiger partial charge >= 0.3 is 0 Å². The number of sulfonamides is 1. The van der Waals surface area contributed by atoms with Crippen molar-refractivity contribution in [1.29, 1.82) is 0 Å². The molecular formula is C12H18F2N2O2S. The Morgan fingerprint density at radius 2 is 1.95 bits per heavy atom. The summed E-state index contributed by atoms with van der Waals surface area (Å²) in [6.45, 7) is 2.53. The van der Waals surface area contributed by atoms with Crippen molar-refractivity contribution in [2.75, 3.05) is 19.3 Å². The molecule has 108 valence electrons. The highest BCUT2D eigenvalue weighted by atomic mass is 32.2. The Kier molecular flexibility index (Phi) is 5.84. The molecule has 0 unspecified atom stereocenters. The summed E-state index contributed by atoms with van der Waals surface area (Å²) in [5.74, 6) is -1.72. The SMILES string of the molecule is C[C@H](NCCCNS(C)(=O)=O)c1cccc(F)c1F. The zero-order valence-electron chi connectivity index (χ0n) is 10.9. The van der Waals surface area contributed by atoms with Gasteiger partial charge in [-0.1, -0.05) is 12.1 Å². The van der Waals surface area contributed by atoms with Crippen LogP contribution in [0.4, 0.5) is 8.78 Å². The molecule has 0 saturated heterocycles. The second kappa shape index (κ2) is 6.93. The van der Waals surface area contributed by atoms with Crippen molar-refractivity contribution in [3.05, 3.63) is 35.4 Å². The highest BCUT2D eigenvalue weighted by Crippen LogP contribution is 2.18. The lowest BCUT2D eigenvalue weighted by Crippen LogP contribution is -2.27. The number of rotatable bonds is 7. The van der Waals surface area contributed by atoms with Crippen molar-refractivity contribution in [2.24, 2.45) is 0 Å². The number of halogens is 2. The van der Waals surface area contributed by atoms with Crippen LogP contribution in [0.25, 0.3) is 0 Å². The third-order valence-electron chi connectivity index (χ3n) is 2.62. The molecule has 0 fully saturated rings. The quantitative estimate of drug-likeness (QED) is 0.750.